The second-order valence-corrected chi connectivity index (χ2v) is 3.20. The molecule has 0 saturated carbocycles. The lowest BCUT2D eigenvalue weighted by Crippen LogP contribution is -2.21. The fourth-order valence-electron chi connectivity index (χ4n) is 1.24. The summed E-state index contributed by atoms with van der Waals surface area (Å²) >= 11 is 0. The lowest BCUT2D eigenvalue weighted by Gasteiger charge is -2.14. The molecule has 0 aliphatic heterocycles. The van der Waals surface area contributed by atoms with Crippen LogP contribution in [-0.4, -0.2) is 23.3 Å². The lowest BCUT2D eigenvalue weighted by atomic mass is 9.83. The van der Waals surface area contributed by atoms with E-state index in [1.54, 1.807) is 0 Å². The van der Waals surface area contributed by atoms with Gasteiger partial charge in [0, 0.05) is 5.56 Å². The number of hydrogen-bond acceptors (Lipinski definition) is 2. The summed E-state index contributed by atoms with van der Waals surface area (Å²) in [5.41, 5.74) is -6.12. The van der Waals surface area contributed by atoms with Crippen molar-refractivity contribution in [1.29, 1.82) is 0 Å². The van der Waals surface area contributed by atoms with Crippen molar-refractivity contribution in [2.45, 2.75) is 6.18 Å². The highest BCUT2D eigenvalue weighted by molar-refractivity contribution is 6.51. The van der Waals surface area contributed by atoms with Gasteiger partial charge in [0.05, 0.1) is 5.57 Å². The topological polar surface area (TPSA) is 40.5 Å². The van der Waals surface area contributed by atoms with E-state index in [0.717, 1.165) is 6.07 Å². The molecule has 0 aliphatic rings. The van der Waals surface area contributed by atoms with E-state index >= 15 is 0 Å². The first kappa shape index (κ1) is 14.6. The first-order valence-corrected chi connectivity index (χ1v) is 4.43. The van der Waals surface area contributed by atoms with E-state index in [1.165, 1.54) is 0 Å². The molecule has 2 nitrogen and oxygen atoms in total. The molecule has 0 fully saturated rings. The van der Waals surface area contributed by atoms with Crippen molar-refractivity contribution < 1.29 is 36.4 Å². The van der Waals surface area contributed by atoms with Crippen molar-refractivity contribution in [1.82, 2.24) is 0 Å². The van der Waals surface area contributed by atoms with Crippen LogP contribution in [-0.2, 0) is 0 Å². The fourth-order valence-corrected chi connectivity index (χ4v) is 1.24. The molecule has 0 unspecified atom stereocenters. The molecular weight excluding hydrogens is 265 g/mol. The van der Waals surface area contributed by atoms with E-state index in [9.17, 15) is 26.3 Å². The van der Waals surface area contributed by atoms with Gasteiger partial charge in [-0.15, -0.1) is 0 Å². The zero-order valence-electron chi connectivity index (χ0n) is 8.47. The number of allylic oxidation sites excluding steroid dienone is 1. The molecule has 1 aromatic carbocycles. The van der Waals surface area contributed by atoms with Crippen LogP contribution in [0.2, 0.25) is 0 Å². The maximum absolute atomic E-state index is 13.2. The van der Waals surface area contributed by atoms with Crippen LogP contribution in [0.1, 0.15) is 5.56 Å². The van der Waals surface area contributed by atoms with Gasteiger partial charge in [-0.3, -0.25) is 0 Å². The van der Waals surface area contributed by atoms with Crippen LogP contribution >= 0.6 is 0 Å². The average Bonchev–Trinajstić information content (AvgIpc) is 2.22. The molecule has 0 amide bonds. The highest BCUT2D eigenvalue weighted by Crippen LogP contribution is 2.38. The minimum Gasteiger partial charge on any atom is -0.422 e. The Morgan fingerprint density at radius 1 is 1.11 bits per heavy atom. The van der Waals surface area contributed by atoms with Gasteiger partial charge in [-0.1, -0.05) is 12.1 Å². The molecule has 0 bridgehead atoms. The molecule has 0 radical (unpaired) electrons. The Morgan fingerprint density at radius 3 is 2.11 bits per heavy atom. The van der Waals surface area contributed by atoms with Crippen LogP contribution in [0.3, 0.4) is 0 Å². The highest BCUT2D eigenvalue weighted by atomic mass is 19.4. The molecule has 0 heterocycles. The Bertz CT molecular complexity index is 482. The highest BCUT2D eigenvalue weighted by Gasteiger charge is 2.42. The Kier molecular flexibility index (Phi) is 4.07. The Hall–Kier alpha value is -1.48. The van der Waals surface area contributed by atoms with E-state index in [-0.39, 0.29) is 0 Å². The minimum atomic E-state index is -5.41. The summed E-state index contributed by atoms with van der Waals surface area (Å²) in [6, 6.07) is 1.75. The molecule has 18 heavy (non-hydrogen) atoms. The van der Waals surface area contributed by atoms with Crippen molar-refractivity contribution in [3.63, 3.8) is 0 Å². The van der Waals surface area contributed by atoms with E-state index in [4.69, 9.17) is 10.0 Å². The van der Waals surface area contributed by atoms with E-state index < -0.39 is 41.8 Å². The predicted octanol–water partition coefficient (Wildman–Crippen LogP) is 2.22. The third-order valence-electron chi connectivity index (χ3n) is 1.97. The van der Waals surface area contributed by atoms with Crippen molar-refractivity contribution >= 4 is 12.7 Å². The van der Waals surface area contributed by atoms with Gasteiger partial charge in [0.1, 0.15) is 5.73 Å². The Labute approximate surface area is 97.3 Å². The van der Waals surface area contributed by atoms with Gasteiger partial charge in [0.25, 0.3) is 0 Å². The SMILES string of the molecule is OB(O)C(F)=C(c1cccc(F)c1F)C(F)(F)F. The second-order valence-electron chi connectivity index (χ2n) is 3.20. The smallest absolute Gasteiger partial charge is 0.422 e. The van der Waals surface area contributed by atoms with Crippen LogP contribution in [0.5, 0.6) is 0 Å². The molecule has 1 rings (SSSR count). The molecule has 2 N–H and O–H groups in total. The van der Waals surface area contributed by atoms with Gasteiger partial charge in [0.2, 0.25) is 0 Å². The molecule has 0 aliphatic carbocycles. The van der Waals surface area contributed by atoms with Crippen LogP contribution in [0.4, 0.5) is 26.3 Å². The van der Waals surface area contributed by atoms with Crippen LogP contribution in [0.15, 0.2) is 23.9 Å². The van der Waals surface area contributed by atoms with Crippen molar-refractivity contribution in [3.8, 4) is 0 Å². The van der Waals surface area contributed by atoms with Gasteiger partial charge in [-0.05, 0) is 6.07 Å². The molecule has 1 aromatic rings. The van der Waals surface area contributed by atoms with E-state index in [1.807, 2.05) is 0 Å². The zero-order chi connectivity index (χ0) is 14.1. The van der Waals surface area contributed by atoms with Gasteiger partial charge < -0.3 is 10.0 Å². The Balaban J connectivity index is 3.57. The predicted molar refractivity (Wildman–Crippen MR) is 50.6 cm³/mol. The third kappa shape index (κ3) is 2.85. The largest absolute Gasteiger partial charge is 0.519 e. The summed E-state index contributed by atoms with van der Waals surface area (Å²) in [5, 5.41) is 16.8. The summed E-state index contributed by atoms with van der Waals surface area (Å²) in [6.45, 7) is 0. The van der Waals surface area contributed by atoms with Gasteiger partial charge in [-0.2, -0.15) is 13.2 Å². The number of benzene rings is 1. The summed E-state index contributed by atoms with van der Waals surface area (Å²) in [7, 11) is -3.08. The number of halogens is 6. The minimum absolute atomic E-state index is 0.475. The monoisotopic (exact) mass is 270 g/mol. The van der Waals surface area contributed by atoms with Crippen molar-refractivity contribution in [2.24, 2.45) is 0 Å². The fraction of sp³-hybridized carbons (Fsp3) is 0.111. The number of hydrogen-bond donors (Lipinski definition) is 2. The normalized spacial score (nSPS) is 13.3. The molecular formula is C9H5BF6O2. The maximum Gasteiger partial charge on any atom is 0.519 e. The summed E-state index contributed by atoms with van der Waals surface area (Å²) < 4.78 is 76.6. The second kappa shape index (κ2) is 5.03. The number of alkyl halides is 3. The average molecular weight is 270 g/mol. The summed E-state index contributed by atoms with van der Waals surface area (Å²) in [6.07, 6.45) is -5.41. The van der Waals surface area contributed by atoms with Gasteiger partial charge >= 0.3 is 13.3 Å². The summed E-state index contributed by atoms with van der Waals surface area (Å²) in [4.78, 5) is 0. The van der Waals surface area contributed by atoms with E-state index in [2.05, 4.69) is 0 Å². The van der Waals surface area contributed by atoms with Gasteiger partial charge in [-0.25, -0.2) is 13.2 Å². The molecule has 0 atom stereocenters. The molecule has 98 valence electrons. The lowest BCUT2D eigenvalue weighted by molar-refractivity contribution is -0.0701. The first-order chi connectivity index (χ1) is 8.16. The Morgan fingerprint density at radius 2 is 1.67 bits per heavy atom. The van der Waals surface area contributed by atoms with Crippen LogP contribution in [0, 0.1) is 11.6 Å². The molecule has 0 aromatic heterocycles. The van der Waals surface area contributed by atoms with Crippen molar-refractivity contribution in [3.05, 3.63) is 41.1 Å². The zero-order valence-corrected chi connectivity index (χ0v) is 8.47. The van der Waals surface area contributed by atoms with Crippen molar-refractivity contribution in [2.75, 3.05) is 0 Å². The standard InChI is InChI=1S/C9H5BF6O2/c11-5-3-1-2-4(7(5)12)6(9(14,15)16)8(13)10(17)18/h1-3,17-18H. The van der Waals surface area contributed by atoms with Crippen LogP contribution in [0.25, 0.3) is 5.57 Å². The van der Waals surface area contributed by atoms with Gasteiger partial charge in [0.15, 0.2) is 11.6 Å². The molecule has 0 saturated heterocycles. The molecule has 0 spiro atoms. The quantitative estimate of drug-likeness (QED) is 0.639. The summed E-state index contributed by atoms with van der Waals surface area (Å²) in [5.74, 6) is -3.55. The van der Waals surface area contributed by atoms with E-state index in [0.29, 0.717) is 12.1 Å². The third-order valence-corrected chi connectivity index (χ3v) is 1.97. The molecule has 9 heteroatoms. The van der Waals surface area contributed by atoms with Crippen LogP contribution < -0.4 is 0 Å². The maximum atomic E-state index is 13.2. The first-order valence-electron chi connectivity index (χ1n) is 4.43. The number of rotatable bonds is 2.